The van der Waals surface area contributed by atoms with Crippen molar-refractivity contribution in [3.8, 4) is 0 Å². The van der Waals surface area contributed by atoms with Crippen LogP contribution in [0.2, 0.25) is 0 Å². The highest BCUT2D eigenvalue weighted by molar-refractivity contribution is 5.88. The van der Waals surface area contributed by atoms with Crippen LogP contribution in [-0.4, -0.2) is 67.5 Å². The van der Waals surface area contributed by atoms with Crippen molar-refractivity contribution in [1.82, 2.24) is 9.80 Å². The Morgan fingerprint density at radius 3 is 2.44 bits per heavy atom. The first kappa shape index (κ1) is 20.0. The molecule has 0 radical (unpaired) electrons. The Bertz CT molecular complexity index is 445. The Morgan fingerprint density at radius 1 is 1.12 bits per heavy atom. The third-order valence-electron chi connectivity index (χ3n) is 5.48. The molecule has 0 aromatic heterocycles. The van der Waals surface area contributed by atoms with Gasteiger partial charge in [-0.25, -0.2) is 4.79 Å². The molecule has 2 heterocycles. The van der Waals surface area contributed by atoms with E-state index in [1.165, 1.54) is 12.1 Å². The second-order valence-corrected chi connectivity index (χ2v) is 7.43. The van der Waals surface area contributed by atoms with Gasteiger partial charge in [0.2, 0.25) is 0 Å². The molecule has 2 aliphatic rings. The van der Waals surface area contributed by atoms with Crippen molar-refractivity contribution >= 4 is 11.8 Å². The van der Waals surface area contributed by atoms with E-state index in [0.717, 1.165) is 51.9 Å². The normalized spacial score (nSPS) is 24.3. The summed E-state index contributed by atoms with van der Waals surface area (Å²) < 4.78 is 5.15. The van der Waals surface area contributed by atoms with Crippen LogP contribution >= 0.6 is 0 Å². The van der Waals surface area contributed by atoms with E-state index in [1.54, 1.807) is 7.11 Å². The first-order valence-electron chi connectivity index (χ1n) is 9.83. The van der Waals surface area contributed by atoms with Gasteiger partial charge in [0.15, 0.2) is 0 Å². The smallest absolute Gasteiger partial charge is 0.409 e. The van der Waals surface area contributed by atoms with Crippen LogP contribution in [0, 0.1) is 11.8 Å². The summed E-state index contributed by atoms with van der Waals surface area (Å²) in [5, 5.41) is 4.29. The fraction of sp³-hybridized carbons (Fsp3) is 0.895. The molecule has 2 rings (SSSR count). The maximum Gasteiger partial charge on any atom is 0.409 e. The maximum atomic E-state index is 11.9. The zero-order valence-electron chi connectivity index (χ0n) is 16.4. The summed E-state index contributed by atoms with van der Waals surface area (Å²) >= 11 is 0. The van der Waals surface area contributed by atoms with Crippen molar-refractivity contribution in [2.75, 3.05) is 39.9 Å². The topological polar surface area (TPSA) is 54.4 Å². The molecule has 2 saturated heterocycles. The van der Waals surface area contributed by atoms with E-state index < -0.39 is 0 Å². The Kier molecular flexibility index (Phi) is 8.00. The third kappa shape index (κ3) is 5.59. The standard InChI is InChI=1S/C19H35N3O3/c1-5-25-19(23)22-11-6-7-17(10-14-22)21-12-8-16(9-13-21)18(15(2)3)20-24-4/h15-17H,5-14H2,1-4H3. The summed E-state index contributed by atoms with van der Waals surface area (Å²) in [7, 11) is 1.64. The molecule has 25 heavy (non-hydrogen) atoms. The lowest BCUT2D eigenvalue weighted by molar-refractivity contribution is 0.105. The number of nitrogens with zero attached hydrogens (tertiary/aromatic N) is 3. The number of oxime groups is 1. The Hall–Kier alpha value is -1.30. The van der Waals surface area contributed by atoms with Crippen molar-refractivity contribution in [3.63, 3.8) is 0 Å². The fourth-order valence-electron chi connectivity index (χ4n) is 4.16. The molecule has 6 nitrogen and oxygen atoms in total. The fourth-order valence-corrected chi connectivity index (χ4v) is 4.16. The molecule has 0 bridgehead atoms. The van der Waals surface area contributed by atoms with E-state index in [9.17, 15) is 4.79 Å². The quantitative estimate of drug-likeness (QED) is 0.562. The van der Waals surface area contributed by atoms with Crippen LogP contribution in [0.25, 0.3) is 0 Å². The van der Waals surface area contributed by atoms with Crippen LogP contribution in [0.4, 0.5) is 4.79 Å². The summed E-state index contributed by atoms with van der Waals surface area (Å²) in [5.41, 5.74) is 1.21. The van der Waals surface area contributed by atoms with Crippen molar-refractivity contribution < 1.29 is 14.4 Å². The number of likely N-dealkylation sites (tertiary alicyclic amines) is 2. The lowest BCUT2D eigenvalue weighted by Gasteiger charge is -2.38. The average molecular weight is 354 g/mol. The lowest BCUT2D eigenvalue weighted by Crippen LogP contribution is -2.44. The highest BCUT2D eigenvalue weighted by Crippen LogP contribution is 2.27. The number of carbonyl (C=O) groups excluding carboxylic acids is 1. The predicted molar refractivity (Wildman–Crippen MR) is 99.8 cm³/mol. The molecule has 1 atom stereocenters. The van der Waals surface area contributed by atoms with Gasteiger partial charge in [-0.3, -0.25) is 0 Å². The molecular weight excluding hydrogens is 318 g/mol. The van der Waals surface area contributed by atoms with E-state index in [4.69, 9.17) is 9.57 Å². The number of rotatable bonds is 5. The molecule has 0 saturated carbocycles. The van der Waals surface area contributed by atoms with Gasteiger partial charge in [-0.15, -0.1) is 0 Å². The molecule has 144 valence electrons. The van der Waals surface area contributed by atoms with Gasteiger partial charge in [0.05, 0.1) is 12.3 Å². The van der Waals surface area contributed by atoms with Crippen LogP contribution in [-0.2, 0) is 9.57 Å². The summed E-state index contributed by atoms with van der Waals surface area (Å²) in [5.74, 6) is 0.977. The minimum absolute atomic E-state index is 0.154. The van der Waals surface area contributed by atoms with Crippen LogP contribution in [0.3, 0.4) is 0 Å². The predicted octanol–water partition coefficient (Wildman–Crippen LogP) is 3.37. The molecule has 0 N–H and O–H groups in total. The monoisotopic (exact) mass is 353 g/mol. The number of amides is 1. The minimum Gasteiger partial charge on any atom is -0.450 e. The Labute approximate surface area is 152 Å². The van der Waals surface area contributed by atoms with Crippen molar-refractivity contribution in [2.45, 2.75) is 58.9 Å². The number of carbonyl (C=O) groups is 1. The number of hydrogen-bond donors (Lipinski definition) is 0. The van der Waals surface area contributed by atoms with Gasteiger partial charge in [-0.05, 0) is 58.0 Å². The lowest BCUT2D eigenvalue weighted by atomic mass is 9.85. The van der Waals surface area contributed by atoms with Gasteiger partial charge in [0.25, 0.3) is 0 Å². The molecule has 0 aromatic carbocycles. The Morgan fingerprint density at radius 2 is 1.84 bits per heavy atom. The van der Waals surface area contributed by atoms with Crippen LogP contribution in [0.15, 0.2) is 5.16 Å². The summed E-state index contributed by atoms with van der Waals surface area (Å²) in [6.07, 6.45) is 5.43. The molecule has 0 aliphatic carbocycles. The van der Waals surface area contributed by atoms with Crippen LogP contribution in [0.1, 0.15) is 52.9 Å². The first-order valence-corrected chi connectivity index (χ1v) is 9.83. The van der Waals surface area contributed by atoms with Gasteiger partial charge in [0.1, 0.15) is 7.11 Å². The van der Waals surface area contributed by atoms with Gasteiger partial charge in [0, 0.05) is 25.0 Å². The average Bonchev–Trinajstić information content (AvgIpc) is 2.86. The molecule has 0 spiro atoms. The third-order valence-corrected chi connectivity index (χ3v) is 5.48. The molecule has 0 aromatic rings. The molecule has 2 fully saturated rings. The summed E-state index contributed by atoms with van der Waals surface area (Å²) in [4.78, 5) is 21.5. The van der Waals surface area contributed by atoms with E-state index in [0.29, 0.717) is 24.5 Å². The molecule has 2 aliphatic heterocycles. The largest absolute Gasteiger partial charge is 0.450 e. The van der Waals surface area contributed by atoms with E-state index in [2.05, 4.69) is 23.9 Å². The van der Waals surface area contributed by atoms with Crippen molar-refractivity contribution in [3.05, 3.63) is 0 Å². The molecule has 1 amide bonds. The van der Waals surface area contributed by atoms with Gasteiger partial charge in [-0.2, -0.15) is 0 Å². The maximum absolute atomic E-state index is 11.9. The van der Waals surface area contributed by atoms with Crippen LogP contribution in [0.5, 0.6) is 0 Å². The second kappa shape index (κ2) is 10.00. The zero-order valence-corrected chi connectivity index (χ0v) is 16.4. The molecular formula is C19H35N3O3. The van der Waals surface area contributed by atoms with Gasteiger partial charge >= 0.3 is 6.09 Å². The van der Waals surface area contributed by atoms with Crippen LogP contribution < -0.4 is 0 Å². The summed E-state index contributed by atoms with van der Waals surface area (Å²) in [6, 6.07) is 0.585. The highest BCUT2D eigenvalue weighted by Gasteiger charge is 2.30. The highest BCUT2D eigenvalue weighted by atomic mass is 16.6. The minimum atomic E-state index is -0.154. The van der Waals surface area contributed by atoms with Crippen molar-refractivity contribution in [1.29, 1.82) is 0 Å². The second-order valence-electron chi connectivity index (χ2n) is 7.43. The SMILES string of the molecule is CCOC(=O)N1CCCC(N2CCC(C(=NOC)C(C)C)CC2)CC1. The first-order chi connectivity index (χ1) is 12.1. The van der Waals surface area contributed by atoms with Gasteiger partial charge in [-0.1, -0.05) is 19.0 Å². The summed E-state index contributed by atoms with van der Waals surface area (Å²) in [6.45, 7) is 10.6. The Balaban J connectivity index is 1.84. The number of ether oxygens (including phenoxy) is 1. The van der Waals surface area contributed by atoms with E-state index in [1.807, 2.05) is 11.8 Å². The van der Waals surface area contributed by atoms with E-state index >= 15 is 0 Å². The van der Waals surface area contributed by atoms with Gasteiger partial charge < -0.3 is 19.4 Å². The number of piperidine rings is 1. The van der Waals surface area contributed by atoms with E-state index in [-0.39, 0.29) is 6.09 Å². The molecule has 1 unspecified atom stereocenters. The van der Waals surface area contributed by atoms with Crippen molar-refractivity contribution in [2.24, 2.45) is 17.0 Å². The number of hydrogen-bond acceptors (Lipinski definition) is 5. The zero-order chi connectivity index (χ0) is 18.2. The molecule has 6 heteroatoms.